The van der Waals surface area contributed by atoms with Gasteiger partial charge in [-0.05, 0) is 38.3 Å². The van der Waals surface area contributed by atoms with Gasteiger partial charge in [-0.1, -0.05) is 43.7 Å². The second-order valence-corrected chi connectivity index (χ2v) is 8.18. The zero-order valence-electron chi connectivity index (χ0n) is 17.6. The number of ether oxygens (including phenoxy) is 1. The largest absolute Gasteiger partial charge is 0.456 e. The number of fused-ring (bicyclic) bond motifs is 1. The first-order valence-corrected chi connectivity index (χ1v) is 10.9. The smallest absolute Gasteiger partial charge is 0.306 e. The van der Waals surface area contributed by atoms with Crippen molar-refractivity contribution in [2.75, 3.05) is 13.2 Å². The lowest BCUT2D eigenvalue weighted by atomic mass is 9.97. The topological polar surface area (TPSA) is 92.8 Å². The van der Waals surface area contributed by atoms with Crippen molar-refractivity contribution in [1.82, 2.24) is 10.2 Å². The summed E-state index contributed by atoms with van der Waals surface area (Å²) in [7, 11) is 0. The van der Waals surface area contributed by atoms with Crippen molar-refractivity contribution in [2.24, 2.45) is 0 Å². The number of benzene rings is 1. The van der Waals surface area contributed by atoms with E-state index in [1.165, 1.54) is 24.2 Å². The van der Waals surface area contributed by atoms with Gasteiger partial charge in [-0.25, -0.2) is 0 Å². The number of carbonyl (C=O) groups is 4. The monoisotopic (exact) mass is 414 g/mol. The zero-order valence-corrected chi connectivity index (χ0v) is 17.6. The predicted octanol–water partition coefficient (Wildman–Crippen LogP) is 3.14. The van der Waals surface area contributed by atoms with E-state index in [1.807, 2.05) is 6.92 Å². The summed E-state index contributed by atoms with van der Waals surface area (Å²) in [6.07, 6.45) is 8.18. The molecule has 1 fully saturated rings. The van der Waals surface area contributed by atoms with Crippen LogP contribution in [0, 0.1) is 6.92 Å². The maximum Gasteiger partial charge on any atom is 0.306 e. The van der Waals surface area contributed by atoms with Gasteiger partial charge < -0.3 is 10.1 Å². The standard InChI is InChI=1S/C23H30N2O5/c1-16-11-12-18-19(14-16)23(29)25(22(18)28)13-7-10-21(27)30-15-20(26)24-17-8-5-3-2-4-6-9-17/h11-12,14,17H,2-10,13,15H2,1H3,(H,24,26). The number of imide groups is 1. The molecule has 3 rings (SSSR count). The first-order chi connectivity index (χ1) is 14.5. The molecule has 7 nitrogen and oxygen atoms in total. The van der Waals surface area contributed by atoms with E-state index in [4.69, 9.17) is 4.74 Å². The van der Waals surface area contributed by atoms with Crippen molar-refractivity contribution < 1.29 is 23.9 Å². The van der Waals surface area contributed by atoms with E-state index in [0.717, 1.165) is 31.2 Å². The van der Waals surface area contributed by atoms with E-state index < -0.39 is 5.97 Å². The molecule has 0 atom stereocenters. The van der Waals surface area contributed by atoms with E-state index in [2.05, 4.69) is 5.32 Å². The molecule has 0 aromatic heterocycles. The molecule has 1 saturated carbocycles. The normalized spacial score (nSPS) is 17.3. The van der Waals surface area contributed by atoms with Gasteiger partial charge in [0.2, 0.25) is 0 Å². The predicted molar refractivity (Wildman–Crippen MR) is 111 cm³/mol. The third-order valence-electron chi connectivity index (χ3n) is 5.72. The zero-order chi connectivity index (χ0) is 21.5. The Kier molecular flexibility index (Phi) is 7.60. The lowest BCUT2D eigenvalue weighted by Crippen LogP contribution is -2.38. The first kappa shape index (κ1) is 22.0. The lowest BCUT2D eigenvalue weighted by Gasteiger charge is -2.20. The third-order valence-corrected chi connectivity index (χ3v) is 5.72. The van der Waals surface area contributed by atoms with Gasteiger partial charge in [0.15, 0.2) is 6.61 Å². The molecule has 1 heterocycles. The molecule has 0 saturated heterocycles. The highest BCUT2D eigenvalue weighted by molar-refractivity contribution is 6.21. The van der Waals surface area contributed by atoms with Crippen LogP contribution >= 0.6 is 0 Å². The Morgan fingerprint density at radius 1 is 1.03 bits per heavy atom. The quantitative estimate of drug-likeness (QED) is 0.547. The summed E-state index contributed by atoms with van der Waals surface area (Å²) in [5, 5.41) is 2.96. The van der Waals surface area contributed by atoms with Crippen molar-refractivity contribution in [2.45, 2.75) is 70.8 Å². The fourth-order valence-corrected chi connectivity index (χ4v) is 4.08. The lowest BCUT2D eigenvalue weighted by molar-refractivity contribution is -0.148. The number of carbonyl (C=O) groups excluding carboxylic acids is 4. The van der Waals surface area contributed by atoms with Crippen LogP contribution in [-0.2, 0) is 14.3 Å². The van der Waals surface area contributed by atoms with Crippen LogP contribution in [0.1, 0.15) is 84.1 Å². The van der Waals surface area contributed by atoms with Crippen molar-refractivity contribution in [1.29, 1.82) is 0 Å². The van der Waals surface area contributed by atoms with Crippen LogP contribution < -0.4 is 5.32 Å². The summed E-state index contributed by atoms with van der Waals surface area (Å²) in [6.45, 7) is 1.72. The van der Waals surface area contributed by atoms with Crippen LogP contribution in [0.3, 0.4) is 0 Å². The van der Waals surface area contributed by atoms with Crippen LogP contribution in [0.15, 0.2) is 18.2 Å². The minimum absolute atomic E-state index is 0.0448. The minimum Gasteiger partial charge on any atom is -0.456 e. The summed E-state index contributed by atoms with van der Waals surface area (Å²) in [4.78, 5) is 50.0. The summed E-state index contributed by atoms with van der Waals surface area (Å²) in [5.41, 5.74) is 1.73. The van der Waals surface area contributed by atoms with Crippen molar-refractivity contribution in [3.63, 3.8) is 0 Å². The van der Waals surface area contributed by atoms with E-state index in [9.17, 15) is 19.2 Å². The van der Waals surface area contributed by atoms with Crippen LogP contribution in [0.2, 0.25) is 0 Å². The average molecular weight is 415 g/mol. The molecule has 1 aromatic rings. The van der Waals surface area contributed by atoms with Crippen molar-refractivity contribution >= 4 is 23.7 Å². The van der Waals surface area contributed by atoms with Crippen LogP contribution in [-0.4, -0.2) is 47.8 Å². The fraction of sp³-hybridized carbons (Fsp3) is 0.565. The highest BCUT2D eigenvalue weighted by Gasteiger charge is 2.35. The van der Waals surface area contributed by atoms with E-state index in [1.54, 1.807) is 18.2 Å². The molecule has 3 amide bonds. The van der Waals surface area contributed by atoms with E-state index in [0.29, 0.717) is 17.5 Å². The van der Waals surface area contributed by atoms with Gasteiger partial charge in [0.25, 0.3) is 17.7 Å². The van der Waals surface area contributed by atoms with Gasteiger partial charge in [0, 0.05) is 19.0 Å². The van der Waals surface area contributed by atoms with E-state index in [-0.39, 0.29) is 43.3 Å². The van der Waals surface area contributed by atoms with Crippen LogP contribution in [0.5, 0.6) is 0 Å². The van der Waals surface area contributed by atoms with Gasteiger partial charge in [-0.3, -0.25) is 24.1 Å². The number of rotatable bonds is 7. The second kappa shape index (κ2) is 10.4. The molecule has 1 aromatic carbocycles. The van der Waals surface area contributed by atoms with Gasteiger partial charge in [0.05, 0.1) is 11.1 Å². The van der Waals surface area contributed by atoms with Crippen molar-refractivity contribution in [3.05, 3.63) is 34.9 Å². The van der Waals surface area contributed by atoms with Gasteiger partial charge >= 0.3 is 5.97 Å². The molecule has 162 valence electrons. The Morgan fingerprint density at radius 3 is 2.43 bits per heavy atom. The summed E-state index contributed by atoms with van der Waals surface area (Å²) in [5.74, 6) is -1.44. The number of aryl methyl sites for hydroxylation is 1. The minimum atomic E-state index is -0.504. The average Bonchev–Trinajstić information content (AvgIpc) is 2.92. The Morgan fingerprint density at radius 2 is 1.70 bits per heavy atom. The number of esters is 1. The molecule has 0 radical (unpaired) electrons. The molecule has 0 bridgehead atoms. The number of hydrogen-bond acceptors (Lipinski definition) is 5. The molecule has 7 heteroatoms. The van der Waals surface area contributed by atoms with Gasteiger partial charge in [-0.2, -0.15) is 0 Å². The van der Waals surface area contributed by atoms with Crippen LogP contribution in [0.4, 0.5) is 0 Å². The third kappa shape index (κ3) is 5.68. The summed E-state index contributed by atoms with van der Waals surface area (Å²) >= 11 is 0. The highest BCUT2D eigenvalue weighted by atomic mass is 16.5. The Hall–Kier alpha value is -2.70. The molecular formula is C23H30N2O5. The maximum absolute atomic E-state index is 12.4. The summed E-state index contributed by atoms with van der Waals surface area (Å²) in [6, 6.07) is 5.33. The number of hydrogen-bond donors (Lipinski definition) is 1. The maximum atomic E-state index is 12.4. The Balaban J connectivity index is 1.36. The SMILES string of the molecule is Cc1ccc2c(c1)C(=O)N(CCCC(=O)OCC(=O)NC1CCCCCCC1)C2=O. The van der Waals surface area contributed by atoms with Gasteiger partial charge in [0.1, 0.15) is 0 Å². The van der Waals surface area contributed by atoms with Gasteiger partial charge in [-0.15, -0.1) is 0 Å². The number of nitrogens with one attached hydrogen (secondary N) is 1. The molecule has 1 N–H and O–H groups in total. The molecular weight excluding hydrogens is 384 g/mol. The molecule has 2 aliphatic rings. The number of amides is 3. The molecule has 30 heavy (non-hydrogen) atoms. The fourth-order valence-electron chi connectivity index (χ4n) is 4.08. The number of nitrogens with zero attached hydrogens (tertiary/aromatic N) is 1. The summed E-state index contributed by atoms with van der Waals surface area (Å²) < 4.78 is 5.06. The van der Waals surface area contributed by atoms with E-state index >= 15 is 0 Å². The first-order valence-electron chi connectivity index (χ1n) is 10.9. The molecule has 1 aliphatic carbocycles. The molecule has 1 aliphatic heterocycles. The Bertz CT molecular complexity index is 812. The highest BCUT2D eigenvalue weighted by Crippen LogP contribution is 2.24. The second-order valence-electron chi connectivity index (χ2n) is 8.18. The van der Waals surface area contributed by atoms with Crippen LogP contribution in [0.25, 0.3) is 0 Å². The molecule has 0 spiro atoms. The molecule has 0 unspecified atom stereocenters. The Labute approximate surface area is 177 Å². The van der Waals surface area contributed by atoms with Crippen molar-refractivity contribution in [3.8, 4) is 0 Å².